The molecule has 0 saturated carbocycles. The zero-order chi connectivity index (χ0) is 14.1. The van der Waals surface area contributed by atoms with Gasteiger partial charge in [0, 0.05) is 19.6 Å². The number of hydrogen-bond acceptors (Lipinski definition) is 3. The van der Waals surface area contributed by atoms with E-state index in [2.05, 4.69) is 43.0 Å². The maximum Gasteiger partial charge on any atom is 0.0558 e. The van der Waals surface area contributed by atoms with Crippen LogP contribution < -0.4 is 0 Å². The van der Waals surface area contributed by atoms with Crippen molar-refractivity contribution in [2.75, 3.05) is 26.3 Å². The molecule has 0 saturated heterocycles. The van der Waals surface area contributed by atoms with Crippen LogP contribution in [0.5, 0.6) is 0 Å². The summed E-state index contributed by atoms with van der Waals surface area (Å²) in [4.78, 5) is 2.08. The molecule has 0 atom stereocenters. The van der Waals surface area contributed by atoms with E-state index in [4.69, 9.17) is 10.2 Å². The van der Waals surface area contributed by atoms with Gasteiger partial charge in [0.25, 0.3) is 0 Å². The Labute approximate surface area is 116 Å². The fourth-order valence-corrected chi connectivity index (χ4v) is 2.52. The van der Waals surface area contributed by atoms with E-state index in [1.54, 1.807) is 0 Å². The van der Waals surface area contributed by atoms with E-state index in [0.717, 1.165) is 19.4 Å². The molecule has 0 aliphatic rings. The third-order valence-corrected chi connectivity index (χ3v) is 3.65. The maximum atomic E-state index is 9.04. The minimum absolute atomic E-state index is 0.131. The smallest absolute Gasteiger partial charge is 0.0558 e. The van der Waals surface area contributed by atoms with E-state index in [-0.39, 0.29) is 13.2 Å². The molecule has 3 heteroatoms. The summed E-state index contributed by atoms with van der Waals surface area (Å²) in [5, 5.41) is 18.1. The Balaban J connectivity index is 2.74. The summed E-state index contributed by atoms with van der Waals surface area (Å²) in [5.74, 6) is 0.629. The van der Waals surface area contributed by atoms with Crippen LogP contribution in [0.1, 0.15) is 43.7 Å². The molecule has 0 spiro atoms. The second-order valence-corrected chi connectivity index (χ2v) is 4.98. The van der Waals surface area contributed by atoms with Gasteiger partial charge in [0.2, 0.25) is 0 Å². The summed E-state index contributed by atoms with van der Waals surface area (Å²) in [6, 6.07) is 8.69. The van der Waals surface area contributed by atoms with Gasteiger partial charge in [-0.3, -0.25) is 4.90 Å². The summed E-state index contributed by atoms with van der Waals surface area (Å²) < 4.78 is 0. The number of benzene rings is 1. The van der Waals surface area contributed by atoms with Crippen molar-refractivity contribution >= 4 is 0 Å². The Morgan fingerprint density at radius 3 is 2.21 bits per heavy atom. The van der Waals surface area contributed by atoms with Gasteiger partial charge in [-0.25, -0.2) is 0 Å². The van der Waals surface area contributed by atoms with Crippen molar-refractivity contribution in [3.05, 3.63) is 35.4 Å². The first kappa shape index (κ1) is 16.2. The largest absolute Gasteiger partial charge is 0.395 e. The molecule has 0 aliphatic heterocycles. The van der Waals surface area contributed by atoms with E-state index in [0.29, 0.717) is 19.0 Å². The minimum Gasteiger partial charge on any atom is -0.395 e. The van der Waals surface area contributed by atoms with Crippen molar-refractivity contribution in [2.24, 2.45) is 0 Å². The maximum absolute atomic E-state index is 9.04. The highest BCUT2D eigenvalue weighted by atomic mass is 16.3. The number of rotatable bonds is 9. The topological polar surface area (TPSA) is 43.7 Å². The fraction of sp³-hybridized carbons (Fsp3) is 0.625. The third-order valence-electron chi connectivity index (χ3n) is 3.65. The normalized spacial score (nSPS) is 11.5. The van der Waals surface area contributed by atoms with Gasteiger partial charge in [-0.2, -0.15) is 0 Å². The van der Waals surface area contributed by atoms with Gasteiger partial charge in [0.05, 0.1) is 13.2 Å². The molecule has 1 aromatic rings. The highest BCUT2D eigenvalue weighted by Gasteiger charge is 2.09. The van der Waals surface area contributed by atoms with E-state index in [1.165, 1.54) is 11.1 Å². The van der Waals surface area contributed by atoms with E-state index < -0.39 is 0 Å². The highest BCUT2D eigenvalue weighted by molar-refractivity contribution is 5.26. The Kier molecular flexibility index (Phi) is 7.72. The van der Waals surface area contributed by atoms with Crippen LogP contribution in [-0.2, 0) is 6.54 Å². The van der Waals surface area contributed by atoms with Crippen LogP contribution in [0.3, 0.4) is 0 Å². The van der Waals surface area contributed by atoms with Gasteiger partial charge in [-0.15, -0.1) is 0 Å². The molecule has 19 heavy (non-hydrogen) atoms. The predicted octanol–water partition coefficient (Wildman–Crippen LogP) is 2.38. The molecule has 1 aromatic carbocycles. The molecule has 1 rings (SSSR count). The molecule has 0 bridgehead atoms. The van der Waals surface area contributed by atoms with Gasteiger partial charge in [0.15, 0.2) is 0 Å². The second-order valence-electron chi connectivity index (χ2n) is 4.98. The van der Waals surface area contributed by atoms with Crippen molar-refractivity contribution in [3.63, 3.8) is 0 Å². The van der Waals surface area contributed by atoms with Crippen molar-refractivity contribution in [1.29, 1.82) is 0 Å². The molecular formula is C16H27NO2. The molecule has 3 nitrogen and oxygen atoms in total. The summed E-state index contributed by atoms with van der Waals surface area (Å²) >= 11 is 0. The molecule has 0 heterocycles. The van der Waals surface area contributed by atoms with Crippen molar-refractivity contribution < 1.29 is 10.2 Å². The summed E-state index contributed by atoms with van der Waals surface area (Å²) in [5.41, 5.74) is 2.65. The lowest BCUT2D eigenvalue weighted by Crippen LogP contribution is -2.29. The number of nitrogens with zero attached hydrogens (tertiary/aromatic N) is 1. The summed E-state index contributed by atoms with van der Waals surface area (Å²) in [6.45, 7) is 6.72. The van der Waals surface area contributed by atoms with Crippen LogP contribution >= 0.6 is 0 Å². The van der Waals surface area contributed by atoms with Gasteiger partial charge in [-0.05, 0) is 29.9 Å². The lowest BCUT2D eigenvalue weighted by atomic mass is 9.93. The molecule has 0 radical (unpaired) electrons. The third kappa shape index (κ3) is 5.31. The van der Waals surface area contributed by atoms with E-state index in [9.17, 15) is 0 Å². The van der Waals surface area contributed by atoms with Crippen LogP contribution in [0.25, 0.3) is 0 Å². The van der Waals surface area contributed by atoms with Gasteiger partial charge in [0.1, 0.15) is 0 Å². The minimum atomic E-state index is 0.131. The molecule has 0 aromatic heterocycles. The molecular weight excluding hydrogens is 238 g/mol. The lowest BCUT2D eigenvalue weighted by molar-refractivity contribution is 0.156. The van der Waals surface area contributed by atoms with E-state index in [1.807, 2.05) is 0 Å². The van der Waals surface area contributed by atoms with Gasteiger partial charge < -0.3 is 10.2 Å². The van der Waals surface area contributed by atoms with Crippen molar-refractivity contribution in [1.82, 2.24) is 4.90 Å². The Morgan fingerprint density at radius 2 is 1.68 bits per heavy atom. The first-order chi connectivity index (χ1) is 9.24. The van der Waals surface area contributed by atoms with Gasteiger partial charge in [-0.1, -0.05) is 38.1 Å². The van der Waals surface area contributed by atoms with E-state index >= 15 is 0 Å². The van der Waals surface area contributed by atoms with Crippen LogP contribution in [0.15, 0.2) is 24.3 Å². The Bertz CT molecular complexity index is 344. The lowest BCUT2D eigenvalue weighted by Gasteiger charge is -2.21. The summed E-state index contributed by atoms with van der Waals surface area (Å²) in [7, 11) is 0. The first-order valence-electron chi connectivity index (χ1n) is 7.28. The zero-order valence-corrected chi connectivity index (χ0v) is 12.2. The molecule has 0 amide bonds. The average molecular weight is 265 g/mol. The van der Waals surface area contributed by atoms with Gasteiger partial charge >= 0.3 is 0 Å². The second kappa shape index (κ2) is 9.08. The monoisotopic (exact) mass is 265 g/mol. The van der Waals surface area contributed by atoms with Crippen LogP contribution in [-0.4, -0.2) is 41.4 Å². The quantitative estimate of drug-likeness (QED) is 0.720. The Morgan fingerprint density at radius 1 is 1.05 bits per heavy atom. The number of hydrogen-bond donors (Lipinski definition) is 2. The highest BCUT2D eigenvalue weighted by Crippen LogP contribution is 2.23. The fourth-order valence-electron chi connectivity index (χ4n) is 2.52. The standard InChI is InChI=1S/C16H27NO2/c1-3-15(4-2)16-7-5-6-14(12-16)13-17(8-10-18)9-11-19/h5-7,12,15,18-19H,3-4,8-11,13H2,1-2H3. The molecule has 2 N–H and O–H groups in total. The Hall–Kier alpha value is -0.900. The average Bonchev–Trinajstić information content (AvgIpc) is 2.41. The van der Waals surface area contributed by atoms with Crippen LogP contribution in [0, 0.1) is 0 Å². The van der Waals surface area contributed by atoms with Crippen molar-refractivity contribution in [2.45, 2.75) is 39.2 Å². The molecule has 108 valence electrons. The zero-order valence-electron chi connectivity index (χ0n) is 12.2. The SMILES string of the molecule is CCC(CC)c1cccc(CN(CCO)CCO)c1. The van der Waals surface area contributed by atoms with Crippen LogP contribution in [0.2, 0.25) is 0 Å². The molecule has 0 aliphatic carbocycles. The first-order valence-corrected chi connectivity index (χ1v) is 7.28. The molecule has 0 fully saturated rings. The number of aliphatic hydroxyl groups is 2. The van der Waals surface area contributed by atoms with Crippen LogP contribution in [0.4, 0.5) is 0 Å². The molecule has 0 unspecified atom stereocenters. The van der Waals surface area contributed by atoms with Crippen molar-refractivity contribution in [3.8, 4) is 0 Å². The summed E-state index contributed by atoms with van der Waals surface area (Å²) in [6.07, 6.45) is 2.33. The predicted molar refractivity (Wildman–Crippen MR) is 79.2 cm³/mol. The number of aliphatic hydroxyl groups excluding tert-OH is 2.